The molecule has 0 aliphatic heterocycles. The van der Waals surface area contributed by atoms with Gasteiger partial charge in [0, 0.05) is 21.8 Å². The molecule has 0 unspecified atom stereocenters. The number of sulfonamides is 1. The van der Waals surface area contributed by atoms with Crippen molar-refractivity contribution in [1.82, 2.24) is 10.2 Å². The Kier molecular flexibility index (Phi) is 5.21. The van der Waals surface area contributed by atoms with E-state index in [0.717, 1.165) is 11.8 Å². The van der Waals surface area contributed by atoms with Gasteiger partial charge in [-0.15, -0.1) is 10.2 Å². The van der Waals surface area contributed by atoms with E-state index < -0.39 is 15.9 Å². The highest BCUT2D eigenvalue weighted by atomic mass is 35.5. The molecule has 0 bridgehead atoms. The van der Waals surface area contributed by atoms with Gasteiger partial charge in [-0.25, -0.2) is 8.42 Å². The van der Waals surface area contributed by atoms with E-state index in [1.807, 2.05) is 12.1 Å². The number of hydrogen-bond donors (Lipinski definition) is 2. The molecule has 26 heavy (non-hydrogen) atoms. The molecule has 0 aliphatic carbocycles. The average molecular weight is 409 g/mol. The van der Waals surface area contributed by atoms with Gasteiger partial charge in [-0.2, -0.15) is 0 Å². The normalized spacial score (nSPS) is 11.2. The number of benzene rings is 2. The van der Waals surface area contributed by atoms with Crippen LogP contribution in [0.25, 0.3) is 10.6 Å². The summed E-state index contributed by atoms with van der Waals surface area (Å²) in [6, 6.07) is 13.3. The standard InChI is InChI=1S/C16H13ClN4O3S2/c1-26(23,24)21-13-4-2-3-11(9-13)14(22)18-16-20-19-15(25-16)10-5-7-12(17)8-6-10/h2-9,21H,1H3,(H,18,20,22). The Morgan fingerprint density at radius 2 is 1.85 bits per heavy atom. The largest absolute Gasteiger partial charge is 0.296 e. The molecule has 0 aliphatic rings. The Bertz CT molecular complexity index is 1050. The second-order valence-electron chi connectivity index (χ2n) is 5.33. The zero-order valence-electron chi connectivity index (χ0n) is 13.4. The third-order valence-corrected chi connectivity index (χ3v) is 4.91. The molecule has 0 fully saturated rings. The molecular weight excluding hydrogens is 396 g/mol. The van der Waals surface area contributed by atoms with E-state index in [2.05, 4.69) is 20.2 Å². The number of amides is 1. The van der Waals surface area contributed by atoms with E-state index in [9.17, 15) is 13.2 Å². The molecule has 1 aromatic heterocycles. The Morgan fingerprint density at radius 1 is 1.12 bits per heavy atom. The summed E-state index contributed by atoms with van der Waals surface area (Å²) in [5.41, 5.74) is 1.44. The van der Waals surface area contributed by atoms with Crippen LogP contribution >= 0.6 is 22.9 Å². The van der Waals surface area contributed by atoms with Crippen molar-refractivity contribution in [3.63, 3.8) is 0 Å². The number of carbonyl (C=O) groups is 1. The van der Waals surface area contributed by atoms with Crippen molar-refractivity contribution in [2.24, 2.45) is 0 Å². The maximum absolute atomic E-state index is 12.4. The minimum atomic E-state index is -3.42. The Balaban J connectivity index is 1.74. The highest BCUT2D eigenvalue weighted by Gasteiger charge is 2.12. The number of nitrogens with one attached hydrogen (secondary N) is 2. The van der Waals surface area contributed by atoms with Gasteiger partial charge in [-0.05, 0) is 30.3 Å². The minimum absolute atomic E-state index is 0.293. The van der Waals surface area contributed by atoms with Crippen LogP contribution in [0.3, 0.4) is 0 Å². The van der Waals surface area contributed by atoms with Gasteiger partial charge in [0.1, 0.15) is 5.01 Å². The van der Waals surface area contributed by atoms with Crippen molar-refractivity contribution in [2.75, 3.05) is 16.3 Å². The number of nitrogens with zero attached hydrogens (tertiary/aromatic N) is 2. The molecular formula is C16H13ClN4O3S2. The summed E-state index contributed by atoms with van der Waals surface area (Å²) in [6.45, 7) is 0. The summed E-state index contributed by atoms with van der Waals surface area (Å²) in [5.74, 6) is -0.416. The van der Waals surface area contributed by atoms with Gasteiger partial charge < -0.3 is 0 Å². The molecule has 1 heterocycles. The molecule has 0 saturated heterocycles. The number of carbonyl (C=O) groups excluding carboxylic acids is 1. The second-order valence-corrected chi connectivity index (χ2v) is 8.49. The first-order valence-electron chi connectivity index (χ1n) is 7.29. The van der Waals surface area contributed by atoms with E-state index in [-0.39, 0.29) is 0 Å². The molecule has 10 heteroatoms. The van der Waals surface area contributed by atoms with Crippen molar-refractivity contribution in [1.29, 1.82) is 0 Å². The molecule has 0 radical (unpaired) electrons. The SMILES string of the molecule is CS(=O)(=O)Nc1cccc(C(=O)Nc2nnc(-c3ccc(Cl)cc3)s2)c1. The van der Waals surface area contributed by atoms with Crippen LogP contribution in [0.5, 0.6) is 0 Å². The lowest BCUT2D eigenvalue weighted by molar-refractivity contribution is 0.102. The van der Waals surface area contributed by atoms with Gasteiger partial charge >= 0.3 is 0 Å². The third kappa shape index (κ3) is 4.78. The first kappa shape index (κ1) is 18.3. The first-order chi connectivity index (χ1) is 12.3. The molecule has 0 spiro atoms. The predicted molar refractivity (Wildman–Crippen MR) is 103 cm³/mol. The maximum atomic E-state index is 12.4. The van der Waals surface area contributed by atoms with Gasteiger partial charge in [0.05, 0.1) is 6.26 Å². The number of anilines is 2. The van der Waals surface area contributed by atoms with Gasteiger partial charge in [-0.3, -0.25) is 14.8 Å². The van der Waals surface area contributed by atoms with Crippen molar-refractivity contribution < 1.29 is 13.2 Å². The van der Waals surface area contributed by atoms with Gasteiger partial charge in [0.15, 0.2) is 0 Å². The van der Waals surface area contributed by atoms with Crippen LogP contribution in [0.1, 0.15) is 10.4 Å². The average Bonchev–Trinajstić information content (AvgIpc) is 3.02. The quantitative estimate of drug-likeness (QED) is 0.673. The topological polar surface area (TPSA) is 101 Å². The third-order valence-electron chi connectivity index (χ3n) is 3.16. The summed E-state index contributed by atoms with van der Waals surface area (Å²) in [6.07, 6.45) is 1.04. The lowest BCUT2D eigenvalue weighted by Crippen LogP contribution is -2.13. The molecule has 7 nitrogen and oxygen atoms in total. The van der Waals surface area contributed by atoms with E-state index in [1.54, 1.807) is 30.3 Å². The van der Waals surface area contributed by atoms with Gasteiger partial charge in [0.25, 0.3) is 5.91 Å². The number of aromatic nitrogens is 2. The second kappa shape index (κ2) is 7.40. The summed E-state index contributed by atoms with van der Waals surface area (Å²) in [5, 5.41) is 12.3. The van der Waals surface area contributed by atoms with Crippen molar-refractivity contribution in [3.8, 4) is 10.6 Å². The van der Waals surface area contributed by atoms with Crippen LogP contribution in [-0.4, -0.2) is 30.8 Å². The molecule has 134 valence electrons. The first-order valence-corrected chi connectivity index (χ1v) is 10.4. The van der Waals surface area contributed by atoms with Crippen molar-refractivity contribution in [3.05, 3.63) is 59.1 Å². The Hall–Kier alpha value is -2.49. The van der Waals surface area contributed by atoms with Crippen molar-refractivity contribution in [2.45, 2.75) is 0 Å². The lowest BCUT2D eigenvalue weighted by Gasteiger charge is -2.06. The summed E-state index contributed by atoms with van der Waals surface area (Å²) in [4.78, 5) is 12.4. The highest BCUT2D eigenvalue weighted by Crippen LogP contribution is 2.27. The summed E-state index contributed by atoms with van der Waals surface area (Å²) < 4.78 is 24.9. The van der Waals surface area contributed by atoms with Crippen LogP contribution in [0.15, 0.2) is 48.5 Å². The molecule has 0 saturated carbocycles. The van der Waals surface area contributed by atoms with E-state index in [4.69, 9.17) is 11.6 Å². The molecule has 3 aromatic rings. The molecule has 1 amide bonds. The maximum Gasteiger partial charge on any atom is 0.257 e. The summed E-state index contributed by atoms with van der Waals surface area (Å²) >= 11 is 7.08. The van der Waals surface area contributed by atoms with Gasteiger partial charge in [0.2, 0.25) is 15.2 Å². The molecule has 2 N–H and O–H groups in total. The Labute approximate surface area is 159 Å². The van der Waals surface area contributed by atoms with E-state index in [1.165, 1.54) is 17.4 Å². The lowest BCUT2D eigenvalue weighted by atomic mass is 10.2. The van der Waals surface area contributed by atoms with E-state index >= 15 is 0 Å². The van der Waals surface area contributed by atoms with Crippen LogP contribution in [-0.2, 0) is 10.0 Å². The monoisotopic (exact) mass is 408 g/mol. The fraction of sp³-hybridized carbons (Fsp3) is 0.0625. The number of rotatable bonds is 5. The molecule has 2 aromatic carbocycles. The summed E-state index contributed by atoms with van der Waals surface area (Å²) in [7, 11) is -3.42. The fourth-order valence-electron chi connectivity index (χ4n) is 2.09. The van der Waals surface area contributed by atoms with Crippen LogP contribution in [0.2, 0.25) is 5.02 Å². The van der Waals surface area contributed by atoms with Crippen LogP contribution in [0.4, 0.5) is 10.8 Å². The number of hydrogen-bond acceptors (Lipinski definition) is 6. The van der Waals surface area contributed by atoms with Crippen LogP contribution in [0, 0.1) is 0 Å². The smallest absolute Gasteiger partial charge is 0.257 e. The van der Waals surface area contributed by atoms with Gasteiger partial charge in [-0.1, -0.05) is 41.1 Å². The predicted octanol–water partition coefficient (Wildman–Crippen LogP) is 3.48. The Morgan fingerprint density at radius 3 is 2.54 bits per heavy atom. The molecule has 3 rings (SSSR count). The minimum Gasteiger partial charge on any atom is -0.296 e. The van der Waals surface area contributed by atoms with Crippen molar-refractivity contribution >= 4 is 49.7 Å². The number of halogens is 1. The zero-order chi connectivity index (χ0) is 18.7. The van der Waals surface area contributed by atoms with E-state index in [0.29, 0.717) is 26.4 Å². The zero-order valence-corrected chi connectivity index (χ0v) is 15.8. The highest BCUT2D eigenvalue weighted by molar-refractivity contribution is 7.92. The molecule has 0 atom stereocenters. The fourth-order valence-corrected chi connectivity index (χ4v) is 3.52. The van der Waals surface area contributed by atoms with Crippen LogP contribution < -0.4 is 10.0 Å².